The lowest BCUT2D eigenvalue weighted by Crippen LogP contribution is -2.14. The van der Waals surface area contributed by atoms with Gasteiger partial charge in [0.25, 0.3) is 0 Å². The first-order valence-corrected chi connectivity index (χ1v) is 5.51. The van der Waals surface area contributed by atoms with Crippen molar-refractivity contribution in [2.45, 2.75) is 0 Å². The minimum atomic E-state index is -1.67. The predicted octanol–water partition coefficient (Wildman–Crippen LogP) is 0.423. The number of carbonyl (C=O) groups is 4. The number of hydrogen-bond donors (Lipinski definition) is 4. The molecule has 112 valence electrons. The summed E-state index contributed by atoms with van der Waals surface area (Å²) in [4.78, 5) is 51.1. The number of aromatic nitrogens is 2. The van der Waals surface area contributed by atoms with Crippen molar-refractivity contribution in [3.8, 4) is 0 Å². The van der Waals surface area contributed by atoms with E-state index in [2.05, 4.69) is 9.97 Å². The number of hydrogen-bond acceptors (Lipinski definition) is 6. The van der Waals surface area contributed by atoms with Gasteiger partial charge >= 0.3 is 23.9 Å². The van der Waals surface area contributed by atoms with Gasteiger partial charge in [-0.1, -0.05) is 0 Å². The minimum Gasteiger partial charge on any atom is -0.478 e. The third-order valence-electron chi connectivity index (χ3n) is 2.67. The van der Waals surface area contributed by atoms with Crippen molar-refractivity contribution in [3.63, 3.8) is 0 Å². The standard InChI is InChI=1S/C12H6N2O8/c15-9(16)3-1-4(10(17)18)6-5(2-3)13-8(12(21)22)14-7(6)11(19)20/h1-2H,(H,15,16)(H,17,18)(H,19,20)(H,21,22). The van der Waals surface area contributed by atoms with Crippen molar-refractivity contribution in [3.05, 3.63) is 34.8 Å². The number of benzene rings is 1. The average Bonchev–Trinajstić information content (AvgIpc) is 2.43. The number of rotatable bonds is 4. The molecule has 0 spiro atoms. The number of nitrogens with zero attached hydrogens (tertiary/aromatic N) is 2. The molecule has 1 heterocycles. The fourth-order valence-electron chi connectivity index (χ4n) is 1.81. The first kappa shape index (κ1) is 14.8. The Balaban J connectivity index is 3.03. The Morgan fingerprint density at radius 2 is 1.41 bits per heavy atom. The van der Waals surface area contributed by atoms with E-state index in [0.29, 0.717) is 0 Å². The fraction of sp³-hybridized carbons (Fsp3) is 0. The first-order chi connectivity index (χ1) is 10.2. The maximum absolute atomic E-state index is 11.2. The summed E-state index contributed by atoms with van der Waals surface area (Å²) in [6.45, 7) is 0. The Morgan fingerprint density at radius 1 is 0.773 bits per heavy atom. The second kappa shape index (κ2) is 5.09. The Labute approximate surface area is 120 Å². The van der Waals surface area contributed by atoms with Crippen molar-refractivity contribution in [2.24, 2.45) is 0 Å². The second-order valence-corrected chi connectivity index (χ2v) is 4.03. The van der Waals surface area contributed by atoms with Crippen molar-refractivity contribution in [1.82, 2.24) is 9.97 Å². The third kappa shape index (κ3) is 2.40. The zero-order chi connectivity index (χ0) is 16.6. The van der Waals surface area contributed by atoms with E-state index < -0.39 is 57.4 Å². The van der Waals surface area contributed by atoms with E-state index in [-0.39, 0.29) is 0 Å². The molecule has 0 unspecified atom stereocenters. The van der Waals surface area contributed by atoms with Gasteiger partial charge in [-0.05, 0) is 12.1 Å². The van der Waals surface area contributed by atoms with E-state index in [1.54, 1.807) is 0 Å². The van der Waals surface area contributed by atoms with Crippen LogP contribution in [0.1, 0.15) is 41.8 Å². The van der Waals surface area contributed by atoms with E-state index in [1.807, 2.05) is 0 Å². The van der Waals surface area contributed by atoms with Crippen LogP contribution in [0.25, 0.3) is 10.9 Å². The van der Waals surface area contributed by atoms with E-state index in [0.717, 1.165) is 12.1 Å². The molecule has 0 aliphatic heterocycles. The van der Waals surface area contributed by atoms with Gasteiger partial charge in [0.15, 0.2) is 5.69 Å². The summed E-state index contributed by atoms with van der Waals surface area (Å²) in [6.07, 6.45) is 0. The summed E-state index contributed by atoms with van der Waals surface area (Å²) in [5, 5.41) is 35.5. The molecule has 0 atom stereocenters. The van der Waals surface area contributed by atoms with Gasteiger partial charge in [-0.2, -0.15) is 0 Å². The molecular formula is C12H6N2O8. The maximum atomic E-state index is 11.2. The zero-order valence-corrected chi connectivity index (χ0v) is 10.5. The van der Waals surface area contributed by atoms with Gasteiger partial charge in [0.2, 0.25) is 5.82 Å². The molecule has 2 aromatic rings. The molecule has 0 aliphatic carbocycles. The summed E-state index contributed by atoms with van der Waals surface area (Å²) < 4.78 is 0. The summed E-state index contributed by atoms with van der Waals surface area (Å²) in [5.74, 6) is -7.26. The van der Waals surface area contributed by atoms with E-state index in [1.165, 1.54) is 0 Å². The fourth-order valence-corrected chi connectivity index (χ4v) is 1.81. The zero-order valence-electron chi connectivity index (χ0n) is 10.5. The van der Waals surface area contributed by atoms with Crippen LogP contribution in [0.5, 0.6) is 0 Å². The molecule has 1 aromatic heterocycles. The first-order valence-electron chi connectivity index (χ1n) is 5.51. The number of aromatic carboxylic acids is 4. The SMILES string of the molecule is O=C(O)c1cc(C(=O)O)c2c(C(=O)O)nc(C(=O)O)nc2c1. The summed E-state index contributed by atoms with van der Waals surface area (Å²) >= 11 is 0. The largest absolute Gasteiger partial charge is 0.478 e. The Hall–Kier alpha value is -3.56. The number of carboxylic acids is 4. The molecule has 0 saturated carbocycles. The third-order valence-corrected chi connectivity index (χ3v) is 2.67. The van der Waals surface area contributed by atoms with Crippen LogP contribution < -0.4 is 0 Å². The highest BCUT2D eigenvalue weighted by Gasteiger charge is 2.24. The van der Waals surface area contributed by atoms with E-state index >= 15 is 0 Å². The van der Waals surface area contributed by atoms with Crippen LogP contribution >= 0.6 is 0 Å². The van der Waals surface area contributed by atoms with Crippen molar-refractivity contribution < 1.29 is 39.6 Å². The maximum Gasteiger partial charge on any atom is 0.373 e. The quantitative estimate of drug-likeness (QED) is 0.619. The summed E-state index contributed by atoms with van der Waals surface area (Å²) in [7, 11) is 0. The van der Waals surface area contributed by atoms with Gasteiger partial charge in [0, 0.05) is 5.39 Å². The molecule has 10 heteroatoms. The monoisotopic (exact) mass is 306 g/mol. The van der Waals surface area contributed by atoms with Crippen LogP contribution in [0, 0.1) is 0 Å². The van der Waals surface area contributed by atoms with Crippen LogP contribution in [-0.2, 0) is 0 Å². The van der Waals surface area contributed by atoms with Crippen molar-refractivity contribution >= 4 is 34.8 Å². The van der Waals surface area contributed by atoms with Crippen LogP contribution in [0.15, 0.2) is 12.1 Å². The van der Waals surface area contributed by atoms with Gasteiger partial charge in [-0.3, -0.25) is 0 Å². The van der Waals surface area contributed by atoms with Gasteiger partial charge in [-0.25, -0.2) is 29.1 Å². The summed E-state index contributed by atoms with van der Waals surface area (Å²) in [6, 6.07) is 1.63. The molecular weight excluding hydrogens is 300 g/mol. The van der Waals surface area contributed by atoms with Crippen LogP contribution in [-0.4, -0.2) is 54.3 Å². The Bertz CT molecular complexity index is 791. The highest BCUT2D eigenvalue weighted by Crippen LogP contribution is 2.23. The smallest absolute Gasteiger partial charge is 0.373 e. The Morgan fingerprint density at radius 3 is 1.86 bits per heavy atom. The lowest BCUT2D eigenvalue weighted by atomic mass is 10.0. The van der Waals surface area contributed by atoms with E-state index in [4.69, 9.17) is 20.4 Å². The molecule has 0 bridgehead atoms. The lowest BCUT2D eigenvalue weighted by molar-refractivity contribution is 0.0671. The molecule has 4 N–H and O–H groups in total. The van der Waals surface area contributed by atoms with Gasteiger partial charge < -0.3 is 20.4 Å². The highest BCUT2D eigenvalue weighted by molar-refractivity contribution is 6.13. The van der Waals surface area contributed by atoms with Gasteiger partial charge in [0.05, 0.1) is 16.6 Å². The van der Waals surface area contributed by atoms with Crippen LogP contribution in [0.4, 0.5) is 0 Å². The molecule has 2 rings (SSSR count). The summed E-state index contributed by atoms with van der Waals surface area (Å²) in [5.41, 5.74) is -2.36. The van der Waals surface area contributed by atoms with Crippen LogP contribution in [0.2, 0.25) is 0 Å². The minimum absolute atomic E-state index is 0.401. The van der Waals surface area contributed by atoms with Crippen molar-refractivity contribution in [2.75, 3.05) is 0 Å². The van der Waals surface area contributed by atoms with Gasteiger partial charge in [-0.15, -0.1) is 0 Å². The molecule has 22 heavy (non-hydrogen) atoms. The molecule has 1 aromatic carbocycles. The number of carboxylic acid groups (broad SMARTS) is 4. The Kier molecular flexibility index (Phi) is 3.43. The van der Waals surface area contributed by atoms with Crippen LogP contribution in [0.3, 0.4) is 0 Å². The van der Waals surface area contributed by atoms with E-state index in [9.17, 15) is 19.2 Å². The molecule has 0 saturated heterocycles. The lowest BCUT2D eigenvalue weighted by Gasteiger charge is -2.08. The topological polar surface area (TPSA) is 175 Å². The predicted molar refractivity (Wildman–Crippen MR) is 67.4 cm³/mol. The molecule has 0 radical (unpaired) electrons. The van der Waals surface area contributed by atoms with Gasteiger partial charge in [0.1, 0.15) is 0 Å². The molecule has 0 amide bonds. The second-order valence-electron chi connectivity index (χ2n) is 4.03. The molecule has 0 aliphatic rings. The molecule has 10 nitrogen and oxygen atoms in total. The molecule has 0 fully saturated rings. The highest BCUT2D eigenvalue weighted by atomic mass is 16.4. The average molecular weight is 306 g/mol. The number of fused-ring (bicyclic) bond motifs is 1. The van der Waals surface area contributed by atoms with Crippen molar-refractivity contribution in [1.29, 1.82) is 0 Å². The normalized spacial score (nSPS) is 10.4.